The van der Waals surface area contributed by atoms with E-state index in [4.69, 9.17) is 0 Å². The van der Waals surface area contributed by atoms with E-state index in [1.165, 1.54) is 37.7 Å². The molecule has 0 nitrogen and oxygen atoms in total. The van der Waals surface area contributed by atoms with E-state index in [9.17, 15) is 0 Å². The van der Waals surface area contributed by atoms with Crippen molar-refractivity contribution in [1.29, 1.82) is 0 Å². The first kappa shape index (κ1) is 21.9. The van der Waals surface area contributed by atoms with E-state index >= 15 is 0 Å². The van der Waals surface area contributed by atoms with Gasteiger partial charge in [-0.25, -0.2) is 0 Å². The topological polar surface area (TPSA) is 0 Å². The summed E-state index contributed by atoms with van der Waals surface area (Å²) in [6.07, 6.45) is 4.98. The summed E-state index contributed by atoms with van der Waals surface area (Å²) < 4.78 is 0. The van der Waals surface area contributed by atoms with E-state index in [1.807, 2.05) is 18.2 Å². The summed E-state index contributed by atoms with van der Waals surface area (Å²) in [5, 5.41) is 4.56. The van der Waals surface area contributed by atoms with Gasteiger partial charge < -0.3 is 6.92 Å². The normalized spacial score (nSPS) is 9.68. The zero-order chi connectivity index (χ0) is 14.9. The van der Waals surface area contributed by atoms with Crippen LogP contribution in [0.1, 0.15) is 32.8 Å². The number of benzene rings is 1. The van der Waals surface area contributed by atoms with Crippen LogP contribution in [-0.4, -0.2) is 14.3 Å². The van der Waals surface area contributed by atoms with Crippen molar-refractivity contribution in [3.8, 4) is 0 Å². The van der Waals surface area contributed by atoms with E-state index < -0.39 is 14.3 Å². The third-order valence-corrected chi connectivity index (χ3v) is 9.07. The molecular weight excluding hydrogens is 410 g/mol. The van der Waals surface area contributed by atoms with Gasteiger partial charge in [-0.3, -0.25) is 0 Å². The summed E-state index contributed by atoms with van der Waals surface area (Å²) >= 11 is 3.85. The SMILES string of the molecule is C[CH2][Ge]([CH2]C)[CH2]C.[CH2-]C/C=C/c1ccccc1.[Zn+][Br]. The summed E-state index contributed by atoms with van der Waals surface area (Å²) in [5.41, 5.74) is 1.24. The van der Waals surface area contributed by atoms with Crippen LogP contribution in [0.5, 0.6) is 0 Å². The van der Waals surface area contributed by atoms with E-state index in [2.05, 4.69) is 65.6 Å². The van der Waals surface area contributed by atoms with Crippen molar-refractivity contribution >= 4 is 34.0 Å². The van der Waals surface area contributed by atoms with E-state index in [1.54, 1.807) is 0 Å². The summed E-state index contributed by atoms with van der Waals surface area (Å²) in [6.45, 7) is 10.7. The van der Waals surface area contributed by atoms with Gasteiger partial charge in [-0.1, -0.05) is 36.4 Å². The van der Waals surface area contributed by atoms with Crippen molar-refractivity contribution in [3.63, 3.8) is 0 Å². The molecule has 19 heavy (non-hydrogen) atoms. The fraction of sp³-hybridized carbons (Fsp3) is 0.438. The van der Waals surface area contributed by atoms with Crippen molar-refractivity contribution in [2.75, 3.05) is 0 Å². The third-order valence-electron chi connectivity index (χ3n) is 2.78. The van der Waals surface area contributed by atoms with Crippen molar-refractivity contribution < 1.29 is 16.3 Å². The Labute approximate surface area is 141 Å². The van der Waals surface area contributed by atoms with Crippen LogP contribution in [-0.2, 0) is 16.3 Å². The Bertz CT molecular complexity index is 279. The number of allylic oxidation sites excluding steroid dienone is 1. The first-order chi connectivity index (χ1) is 9.28. The Morgan fingerprint density at radius 1 is 1.05 bits per heavy atom. The molecule has 0 aliphatic carbocycles. The fourth-order valence-electron chi connectivity index (χ4n) is 1.53. The molecule has 0 amide bonds. The van der Waals surface area contributed by atoms with Gasteiger partial charge in [0.15, 0.2) is 0 Å². The molecule has 0 aromatic heterocycles. The van der Waals surface area contributed by atoms with Crippen molar-refractivity contribution in [2.45, 2.75) is 43.0 Å². The molecule has 0 heterocycles. The molecule has 0 spiro atoms. The Morgan fingerprint density at radius 2 is 1.53 bits per heavy atom. The summed E-state index contributed by atoms with van der Waals surface area (Å²) in [6, 6.07) is 10.2. The molecule has 0 saturated carbocycles. The standard InChI is InChI=1S/C10H11.C6H15Ge.BrH.Zn/c1-2-3-7-10-8-5-4-6-9-10;1-4-7(5-2)6-3;;/h3-9H,1-2H2;4-6H2,1-3H3;1H;/q-1;;;+2/p-1/b7-3+;;;. The van der Waals surface area contributed by atoms with E-state index in [0.29, 0.717) is 0 Å². The van der Waals surface area contributed by atoms with Crippen LogP contribution in [0, 0.1) is 6.92 Å². The molecule has 0 N–H and O–H groups in total. The van der Waals surface area contributed by atoms with Crippen LogP contribution in [0.25, 0.3) is 6.08 Å². The van der Waals surface area contributed by atoms with Gasteiger partial charge in [0, 0.05) is 0 Å². The number of hydrogen-bond donors (Lipinski definition) is 0. The molecule has 3 heteroatoms. The molecule has 103 valence electrons. The molecule has 0 bridgehead atoms. The molecule has 0 saturated heterocycles. The second kappa shape index (κ2) is 18.6. The molecule has 0 aliphatic rings. The summed E-state index contributed by atoms with van der Waals surface area (Å²) in [5.74, 6) is 0. The minimum absolute atomic E-state index is 0.403. The van der Waals surface area contributed by atoms with Gasteiger partial charge in [0.2, 0.25) is 0 Å². The predicted octanol–water partition coefficient (Wildman–Crippen LogP) is 6.31. The quantitative estimate of drug-likeness (QED) is 0.375. The maximum atomic E-state index is 3.71. The van der Waals surface area contributed by atoms with E-state index in [0.717, 1.165) is 6.42 Å². The van der Waals surface area contributed by atoms with Crippen LogP contribution in [0.2, 0.25) is 15.8 Å². The van der Waals surface area contributed by atoms with Crippen LogP contribution in [0.4, 0.5) is 0 Å². The van der Waals surface area contributed by atoms with Gasteiger partial charge in [-0.2, -0.15) is 6.42 Å². The molecule has 1 radical (unpaired) electrons. The van der Waals surface area contributed by atoms with Crippen LogP contribution >= 0.6 is 13.6 Å². The van der Waals surface area contributed by atoms with Gasteiger partial charge in [0.1, 0.15) is 0 Å². The Hall–Kier alpha value is 0.606. The fourth-order valence-corrected chi connectivity index (χ4v) is 4.68. The van der Waals surface area contributed by atoms with Gasteiger partial charge in [0.05, 0.1) is 0 Å². The molecule has 0 atom stereocenters. The van der Waals surface area contributed by atoms with Gasteiger partial charge in [0.25, 0.3) is 0 Å². The zero-order valence-corrected chi connectivity index (χ0v) is 19.3. The first-order valence-electron chi connectivity index (χ1n) is 6.89. The molecule has 0 unspecified atom stereocenters. The molecule has 0 fully saturated rings. The van der Waals surface area contributed by atoms with E-state index in [-0.39, 0.29) is 0 Å². The molecule has 1 aromatic rings. The molecule has 0 aliphatic heterocycles. The molecule has 1 aromatic carbocycles. The average molecular weight is 436 g/mol. The Balaban J connectivity index is 0. The van der Waals surface area contributed by atoms with Gasteiger partial charge in [-0.15, -0.1) is 6.08 Å². The van der Waals surface area contributed by atoms with Crippen LogP contribution in [0.15, 0.2) is 36.4 Å². The van der Waals surface area contributed by atoms with Crippen molar-refractivity contribution in [1.82, 2.24) is 0 Å². The Morgan fingerprint density at radius 3 is 1.84 bits per heavy atom. The van der Waals surface area contributed by atoms with Crippen molar-refractivity contribution in [3.05, 3.63) is 48.9 Å². The predicted molar refractivity (Wildman–Crippen MR) is 91.6 cm³/mol. The monoisotopic (exact) mass is 435 g/mol. The van der Waals surface area contributed by atoms with Gasteiger partial charge >= 0.3 is 80.8 Å². The second-order valence-electron chi connectivity index (χ2n) is 3.91. The zero-order valence-electron chi connectivity index (χ0n) is 12.7. The molecule has 1 rings (SSSR count). The third kappa shape index (κ3) is 14.8. The molecular formula is C16H26BrGeZn. The number of rotatable bonds is 5. The Kier molecular flexibility index (Phi) is 21.4. The van der Waals surface area contributed by atoms with Crippen molar-refractivity contribution in [2.24, 2.45) is 0 Å². The number of halogens is 1. The van der Waals surface area contributed by atoms with Crippen LogP contribution in [0.3, 0.4) is 0 Å². The summed E-state index contributed by atoms with van der Waals surface area (Å²) in [7, 11) is 0. The average Bonchev–Trinajstić information content (AvgIpc) is 2.51. The van der Waals surface area contributed by atoms with Gasteiger partial charge in [-0.05, 0) is 5.56 Å². The van der Waals surface area contributed by atoms with Crippen LogP contribution < -0.4 is 0 Å². The minimum atomic E-state index is -0.403. The number of hydrogen-bond acceptors (Lipinski definition) is 0. The first-order valence-corrected chi connectivity index (χ1v) is 18.3. The maximum absolute atomic E-state index is 3.71. The second-order valence-corrected chi connectivity index (χ2v) is 11.5. The summed E-state index contributed by atoms with van der Waals surface area (Å²) in [4.78, 5) is 0.